The van der Waals surface area contributed by atoms with Gasteiger partial charge in [-0.05, 0) is 63.7 Å². The lowest BCUT2D eigenvalue weighted by Gasteiger charge is -2.39. The first-order valence-electron chi connectivity index (χ1n) is 19.2. The molecule has 1 aliphatic heterocycles. The number of nitrogens with zero attached hydrogens (tertiary/aromatic N) is 3. The molecule has 0 atom stereocenters. The summed E-state index contributed by atoms with van der Waals surface area (Å²) < 4.78 is 13.1. The summed E-state index contributed by atoms with van der Waals surface area (Å²) in [5.41, 5.74) is 13.1. The molecular formula is C52H31N3O2. The smallest absolute Gasteiger partial charge is 0.164 e. The topological polar surface area (TPSA) is 61.0 Å². The predicted molar refractivity (Wildman–Crippen MR) is 226 cm³/mol. The van der Waals surface area contributed by atoms with E-state index in [1.165, 1.54) is 22.3 Å². The van der Waals surface area contributed by atoms with Crippen molar-refractivity contribution in [1.82, 2.24) is 15.0 Å². The standard InChI is InChI=1S/C52H31N3O2/c1-2-14-32(15-3-1)49-53-50(34-26-28-39-38-19-8-12-24-45(38)56-47(39)31-34)55-51(54-49)40-20-5-4-16-35(40)33-27-29-44-48(30-33)57-46-25-13-11-23-43(46)52(44)41-21-9-6-17-36(41)37-18-7-10-22-42(37)52/h1-31H. The highest BCUT2D eigenvalue weighted by atomic mass is 16.5. The van der Waals surface area contributed by atoms with Gasteiger partial charge >= 0.3 is 0 Å². The second-order valence-electron chi connectivity index (χ2n) is 14.7. The van der Waals surface area contributed by atoms with E-state index in [0.717, 1.165) is 72.4 Å². The molecule has 0 unspecified atom stereocenters. The van der Waals surface area contributed by atoms with E-state index in [1.54, 1.807) is 0 Å². The Morgan fingerprint density at radius 3 is 1.68 bits per heavy atom. The average molecular weight is 730 g/mol. The van der Waals surface area contributed by atoms with Crippen molar-refractivity contribution < 1.29 is 9.15 Å². The van der Waals surface area contributed by atoms with Gasteiger partial charge in [-0.15, -0.1) is 0 Å². The summed E-state index contributed by atoms with van der Waals surface area (Å²) in [6, 6.07) is 65.4. The van der Waals surface area contributed by atoms with Crippen LogP contribution in [0.5, 0.6) is 11.5 Å². The molecule has 3 heterocycles. The number of aromatic nitrogens is 3. The Morgan fingerprint density at radius 2 is 0.895 bits per heavy atom. The fraction of sp³-hybridized carbons (Fsp3) is 0.0192. The quantitative estimate of drug-likeness (QED) is 0.180. The summed E-state index contributed by atoms with van der Waals surface area (Å²) in [5.74, 6) is 3.44. The van der Waals surface area contributed by atoms with Gasteiger partial charge in [-0.2, -0.15) is 0 Å². The van der Waals surface area contributed by atoms with Crippen LogP contribution < -0.4 is 4.74 Å². The molecule has 2 aromatic heterocycles. The molecule has 0 bridgehead atoms. The van der Waals surface area contributed by atoms with E-state index < -0.39 is 5.41 Å². The van der Waals surface area contributed by atoms with Gasteiger partial charge in [0.15, 0.2) is 17.5 Å². The molecule has 57 heavy (non-hydrogen) atoms. The van der Waals surface area contributed by atoms with Crippen LogP contribution in [0, 0.1) is 0 Å². The molecule has 0 saturated heterocycles. The molecule has 5 nitrogen and oxygen atoms in total. The zero-order chi connectivity index (χ0) is 37.5. The summed E-state index contributed by atoms with van der Waals surface area (Å²) in [4.78, 5) is 15.3. The predicted octanol–water partition coefficient (Wildman–Crippen LogP) is 12.9. The fourth-order valence-corrected chi connectivity index (χ4v) is 9.17. The van der Waals surface area contributed by atoms with Gasteiger partial charge in [-0.1, -0.05) is 158 Å². The zero-order valence-electron chi connectivity index (χ0n) is 30.6. The maximum atomic E-state index is 6.86. The summed E-state index contributed by atoms with van der Waals surface area (Å²) in [5, 5.41) is 2.14. The van der Waals surface area contributed by atoms with Gasteiger partial charge in [0.25, 0.3) is 0 Å². The van der Waals surface area contributed by atoms with E-state index in [0.29, 0.717) is 17.5 Å². The first-order chi connectivity index (χ1) is 28.2. The van der Waals surface area contributed by atoms with Crippen LogP contribution in [0.3, 0.4) is 0 Å². The van der Waals surface area contributed by atoms with Crippen LogP contribution in [0.4, 0.5) is 0 Å². The second-order valence-corrected chi connectivity index (χ2v) is 14.7. The number of rotatable bonds is 4. The van der Waals surface area contributed by atoms with Crippen molar-refractivity contribution in [2.75, 3.05) is 0 Å². The van der Waals surface area contributed by atoms with Gasteiger partial charge in [0, 0.05) is 38.6 Å². The average Bonchev–Trinajstić information content (AvgIpc) is 3.80. The lowest BCUT2D eigenvalue weighted by molar-refractivity contribution is 0.436. The minimum Gasteiger partial charge on any atom is -0.457 e. The fourth-order valence-electron chi connectivity index (χ4n) is 9.17. The zero-order valence-corrected chi connectivity index (χ0v) is 30.6. The Bertz CT molecular complexity index is 3190. The molecule has 0 radical (unpaired) electrons. The van der Waals surface area contributed by atoms with Gasteiger partial charge in [0.1, 0.15) is 22.7 Å². The third kappa shape index (κ3) is 4.66. The van der Waals surface area contributed by atoms with Crippen molar-refractivity contribution in [1.29, 1.82) is 0 Å². The molecule has 5 heteroatoms. The van der Waals surface area contributed by atoms with E-state index in [1.807, 2.05) is 60.7 Å². The molecule has 1 aliphatic carbocycles. The minimum absolute atomic E-state index is 0.524. The maximum absolute atomic E-state index is 6.86. The van der Waals surface area contributed by atoms with E-state index in [9.17, 15) is 0 Å². The van der Waals surface area contributed by atoms with Gasteiger partial charge in [0.05, 0.1) is 5.41 Å². The van der Waals surface area contributed by atoms with Gasteiger partial charge in [0.2, 0.25) is 0 Å². The molecule has 8 aromatic carbocycles. The first kappa shape index (κ1) is 31.7. The molecule has 1 spiro atoms. The maximum Gasteiger partial charge on any atom is 0.164 e. The Balaban J connectivity index is 1.04. The van der Waals surface area contributed by atoms with Crippen molar-refractivity contribution in [2.45, 2.75) is 5.41 Å². The number of ether oxygens (including phenoxy) is 1. The van der Waals surface area contributed by atoms with Crippen molar-refractivity contribution in [3.63, 3.8) is 0 Å². The van der Waals surface area contributed by atoms with Crippen molar-refractivity contribution in [3.8, 4) is 67.9 Å². The highest BCUT2D eigenvalue weighted by molar-refractivity contribution is 6.05. The molecule has 0 fully saturated rings. The van der Waals surface area contributed by atoms with Crippen LogP contribution in [0.1, 0.15) is 22.3 Å². The monoisotopic (exact) mass is 729 g/mol. The second kappa shape index (κ2) is 12.2. The molecule has 266 valence electrons. The lowest BCUT2D eigenvalue weighted by Crippen LogP contribution is -2.32. The summed E-state index contributed by atoms with van der Waals surface area (Å²) in [6.45, 7) is 0. The van der Waals surface area contributed by atoms with E-state index >= 15 is 0 Å². The normalized spacial score (nSPS) is 13.2. The van der Waals surface area contributed by atoms with Crippen LogP contribution in [0.15, 0.2) is 192 Å². The van der Waals surface area contributed by atoms with E-state index in [-0.39, 0.29) is 0 Å². The Labute approximate surface area is 328 Å². The molecular weight excluding hydrogens is 699 g/mol. The summed E-state index contributed by atoms with van der Waals surface area (Å²) in [6.07, 6.45) is 0. The van der Waals surface area contributed by atoms with E-state index in [4.69, 9.17) is 24.1 Å². The largest absolute Gasteiger partial charge is 0.457 e. The Kier molecular flexibility index (Phi) is 6.78. The highest BCUT2D eigenvalue weighted by Gasteiger charge is 2.50. The van der Waals surface area contributed by atoms with Crippen LogP contribution in [-0.2, 0) is 5.41 Å². The number of furan rings is 1. The molecule has 2 aliphatic rings. The molecule has 12 rings (SSSR count). The van der Waals surface area contributed by atoms with Crippen molar-refractivity contribution in [2.24, 2.45) is 0 Å². The molecule has 0 amide bonds. The minimum atomic E-state index is -0.524. The number of fused-ring (bicyclic) bond motifs is 12. The van der Waals surface area contributed by atoms with Crippen LogP contribution in [-0.4, -0.2) is 15.0 Å². The summed E-state index contributed by atoms with van der Waals surface area (Å²) in [7, 11) is 0. The third-order valence-electron chi connectivity index (χ3n) is 11.6. The summed E-state index contributed by atoms with van der Waals surface area (Å²) >= 11 is 0. The Hall–Kier alpha value is -7.63. The van der Waals surface area contributed by atoms with Crippen molar-refractivity contribution in [3.05, 3.63) is 210 Å². The van der Waals surface area contributed by atoms with Gasteiger partial charge in [-0.25, -0.2) is 15.0 Å². The van der Waals surface area contributed by atoms with E-state index in [2.05, 4.69) is 127 Å². The Morgan fingerprint density at radius 1 is 0.333 bits per heavy atom. The molecule has 10 aromatic rings. The SMILES string of the molecule is c1ccc(-c2nc(-c3ccc4c(c3)oc3ccccc34)nc(-c3ccccc3-c3ccc4c(c3)Oc3ccccc3C43c4ccccc4-c4ccccc43)n2)cc1. The lowest BCUT2D eigenvalue weighted by atomic mass is 9.66. The highest BCUT2D eigenvalue weighted by Crippen LogP contribution is 2.62. The third-order valence-corrected chi connectivity index (χ3v) is 11.6. The number of hydrogen-bond donors (Lipinski definition) is 0. The molecule has 0 saturated carbocycles. The first-order valence-corrected chi connectivity index (χ1v) is 19.2. The van der Waals surface area contributed by atoms with Crippen molar-refractivity contribution >= 4 is 21.9 Å². The van der Waals surface area contributed by atoms with Crippen LogP contribution >= 0.6 is 0 Å². The number of benzene rings is 8. The van der Waals surface area contributed by atoms with Crippen LogP contribution in [0.25, 0.3) is 78.4 Å². The number of hydrogen-bond acceptors (Lipinski definition) is 5. The van der Waals surface area contributed by atoms with Crippen LogP contribution in [0.2, 0.25) is 0 Å². The van der Waals surface area contributed by atoms with Gasteiger partial charge < -0.3 is 9.15 Å². The number of para-hydroxylation sites is 2. The molecule has 0 N–H and O–H groups in total. The van der Waals surface area contributed by atoms with Gasteiger partial charge in [-0.3, -0.25) is 0 Å².